The number of piperidine rings is 1. The van der Waals surface area contributed by atoms with E-state index >= 15 is 0 Å². The number of hydrogen-bond acceptors (Lipinski definition) is 5. The van der Waals surface area contributed by atoms with Crippen LogP contribution >= 0.6 is 0 Å². The first-order valence-corrected chi connectivity index (χ1v) is 6.68. The van der Waals surface area contributed by atoms with Crippen molar-refractivity contribution in [3.8, 4) is 0 Å². The second kappa shape index (κ2) is 6.00. The molecule has 0 spiro atoms. The van der Waals surface area contributed by atoms with Crippen molar-refractivity contribution in [1.29, 1.82) is 0 Å². The minimum atomic E-state index is -0.577. The molecule has 0 bridgehead atoms. The van der Waals surface area contributed by atoms with Gasteiger partial charge in [0.25, 0.3) is 0 Å². The Bertz CT molecular complexity index is 501. The zero-order valence-corrected chi connectivity index (χ0v) is 11.4. The number of amides is 1. The molecule has 8 heteroatoms. The molecule has 2 N–H and O–H groups in total. The zero-order valence-electron chi connectivity index (χ0n) is 11.4. The molecular weight excluding hydrogens is 262 g/mol. The molecule has 1 aliphatic rings. The van der Waals surface area contributed by atoms with Crippen LogP contribution in [0.4, 0.5) is 5.82 Å². The summed E-state index contributed by atoms with van der Waals surface area (Å²) in [6.45, 7) is 3.29. The first-order valence-electron chi connectivity index (χ1n) is 6.68. The summed E-state index contributed by atoms with van der Waals surface area (Å²) in [4.78, 5) is 24.0. The van der Waals surface area contributed by atoms with Gasteiger partial charge in [-0.3, -0.25) is 4.79 Å². The van der Waals surface area contributed by atoms with E-state index in [1.54, 1.807) is 4.90 Å². The van der Waals surface area contributed by atoms with Crippen LogP contribution in [0.2, 0.25) is 0 Å². The van der Waals surface area contributed by atoms with E-state index in [0.29, 0.717) is 19.0 Å². The standard InChI is InChI=1S/C12H19N5O3/c1-9-2-5-16(10(6-9)7-13)12(18)8-15-4-3-11(14-15)17(19)20/h3-4,9-10H,2,5-8,13H2,1H3. The number of aromatic nitrogens is 2. The minimum Gasteiger partial charge on any atom is -0.358 e. The van der Waals surface area contributed by atoms with E-state index < -0.39 is 4.92 Å². The van der Waals surface area contributed by atoms with Gasteiger partial charge in [-0.1, -0.05) is 6.92 Å². The van der Waals surface area contributed by atoms with E-state index in [9.17, 15) is 14.9 Å². The SMILES string of the molecule is CC1CCN(C(=O)Cn2ccc([N+](=O)[O-])n2)C(CN)C1. The lowest BCUT2D eigenvalue weighted by molar-refractivity contribution is -0.389. The van der Waals surface area contributed by atoms with E-state index in [1.165, 1.54) is 16.9 Å². The molecule has 2 rings (SSSR count). The molecule has 0 saturated carbocycles. The second-order valence-corrected chi connectivity index (χ2v) is 5.23. The van der Waals surface area contributed by atoms with E-state index in [1.807, 2.05) is 0 Å². The lowest BCUT2D eigenvalue weighted by atomic mass is 9.92. The van der Waals surface area contributed by atoms with Crippen LogP contribution in [0, 0.1) is 16.0 Å². The van der Waals surface area contributed by atoms with Crippen molar-refractivity contribution in [2.75, 3.05) is 13.1 Å². The highest BCUT2D eigenvalue weighted by atomic mass is 16.6. The van der Waals surface area contributed by atoms with Crippen molar-refractivity contribution in [2.45, 2.75) is 32.4 Å². The molecule has 20 heavy (non-hydrogen) atoms. The number of nitrogens with zero attached hydrogens (tertiary/aromatic N) is 4. The zero-order chi connectivity index (χ0) is 14.7. The van der Waals surface area contributed by atoms with Crippen LogP contribution in [0.15, 0.2) is 12.3 Å². The van der Waals surface area contributed by atoms with Crippen molar-refractivity contribution >= 4 is 11.7 Å². The first kappa shape index (κ1) is 14.4. The number of nitro groups is 1. The number of carbonyl (C=O) groups excluding carboxylic acids is 1. The van der Waals surface area contributed by atoms with Gasteiger partial charge in [-0.15, -0.1) is 0 Å². The van der Waals surface area contributed by atoms with Gasteiger partial charge in [0.15, 0.2) is 0 Å². The van der Waals surface area contributed by atoms with E-state index in [2.05, 4.69) is 12.0 Å². The number of nitrogens with two attached hydrogens (primary N) is 1. The fraction of sp³-hybridized carbons (Fsp3) is 0.667. The Morgan fingerprint density at radius 1 is 1.65 bits per heavy atom. The molecule has 0 radical (unpaired) electrons. The van der Waals surface area contributed by atoms with Crippen LogP contribution in [0.3, 0.4) is 0 Å². The molecule has 1 aliphatic heterocycles. The Hall–Kier alpha value is -1.96. The largest absolute Gasteiger partial charge is 0.389 e. The van der Waals surface area contributed by atoms with Crippen LogP contribution in [0.1, 0.15) is 19.8 Å². The third-order valence-corrected chi connectivity index (χ3v) is 3.68. The molecule has 2 unspecified atom stereocenters. The lowest BCUT2D eigenvalue weighted by Gasteiger charge is -2.37. The number of likely N-dealkylation sites (tertiary alicyclic amines) is 1. The molecule has 2 heterocycles. The van der Waals surface area contributed by atoms with Gasteiger partial charge >= 0.3 is 5.82 Å². The Labute approximate surface area is 116 Å². The molecule has 1 aromatic rings. The molecule has 8 nitrogen and oxygen atoms in total. The fourth-order valence-electron chi connectivity index (χ4n) is 2.57. The molecule has 110 valence electrons. The number of rotatable bonds is 4. The van der Waals surface area contributed by atoms with E-state index in [0.717, 1.165) is 12.8 Å². The number of carbonyl (C=O) groups is 1. The molecule has 0 aliphatic carbocycles. The van der Waals surface area contributed by atoms with Crippen LogP contribution in [-0.4, -0.2) is 44.6 Å². The van der Waals surface area contributed by atoms with Crippen molar-refractivity contribution < 1.29 is 9.72 Å². The lowest BCUT2D eigenvalue weighted by Crippen LogP contribution is -2.50. The smallest absolute Gasteiger partial charge is 0.358 e. The molecule has 2 atom stereocenters. The van der Waals surface area contributed by atoms with Gasteiger partial charge < -0.3 is 20.7 Å². The molecule has 1 aromatic heterocycles. The summed E-state index contributed by atoms with van der Waals surface area (Å²) in [6.07, 6.45) is 3.31. The summed E-state index contributed by atoms with van der Waals surface area (Å²) in [6, 6.07) is 1.34. The van der Waals surface area contributed by atoms with Gasteiger partial charge in [-0.25, -0.2) is 0 Å². The summed E-state index contributed by atoms with van der Waals surface area (Å²) in [5, 5.41) is 14.3. The third kappa shape index (κ3) is 3.13. The molecule has 1 saturated heterocycles. The quantitative estimate of drug-likeness (QED) is 0.634. The maximum atomic E-state index is 12.3. The monoisotopic (exact) mass is 281 g/mol. The highest BCUT2D eigenvalue weighted by Crippen LogP contribution is 2.22. The number of hydrogen-bond donors (Lipinski definition) is 1. The predicted molar refractivity (Wildman–Crippen MR) is 71.8 cm³/mol. The van der Waals surface area contributed by atoms with E-state index in [4.69, 9.17) is 5.73 Å². The summed E-state index contributed by atoms with van der Waals surface area (Å²) in [5.74, 6) is 0.226. The van der Waals surface area contributed by atoms with Gasteiger partial charge in [0.1, 0.15) is 6.54 Å². The van der Waals surface area contributed by atoms with Gasteiger partial charge in [-0.05, 0) is 23.7 Å². The minimum absolute atomic E-state index is 0.0126. The van der Waals surface area contributed by atoms with Crippen molar-refractivity contribution in [3.05, 3.63) is 22.4 Å². The van der Waals surface area contributed by atoms with Crippen molar-refractivity contribution in [2.24, 2.45) is 11.7 Å². The molecule has 0 aromatic carbocycles. The second-order valence-electron chi connectivity index (χ2n) is 5.23. The fourth-order valence-corrected chi connectivity index (χ4v) is 2.57. The Morgan fingerprint density at radius 3 is 3.00 bits per heavy atom. The van der Waals surface area contributed by atoms with Crippen LogP contribution in [-0.2, 0) is 11.3 Å². The molecular formula is C12H19N5O3. The van der Waals surface area contributed by atoms with Gasteiger partial charge in [-0.2, -0.15) is 4.68 Å². The average Bonchev–Trinajstić information content (AvgIpc) is 2.87. The summed E-state index contributed by atoms with van der Waals surface area (Å²) in [5.41, 5.74) is 5.73. The van der Waals surface area contributed by atoms with Gasteiger partial charge in [0, 0.05) is 19.1 Å². The van der Waals surface area contributed by atoms with Gasteiger partial charge in [0.05, 0.1) is 17.4 Å². The summed E-state index contributed by atoms with van der Waals surface area (Å²) < 4.78 is 1.30. The maximum Gasteiger partial charge on any atom is 0.389 e. The van der Waals surface area contributed by atoms with Crippen molar-refractivity contribution in [3.63, 3.8) is 0 Å². The van der Waals surface area contributed by atoms with Crippen LogP contribution in [0.5, 0.6) is 0 Å². The topological polar surface area (TPSA) is 107 Å². The first-order chi connectivity index (χ1) is 9.51. The Balaban J connectivity index is 2.01. The van der Waals surface area contributed by atoms with Crippen molar-refractivity contribution in [1.82, 2.24) is 14.7 Å². The highest BCUT2D eigenvalue weighted by Gasteiger charge is 2.29. The average molecular weight is 281 g/mol. The predicted octanol–water partition coefficient (Wildman–Crippen LogP) is 0.377. The Morgan fingerprint density at radius 2 is 2.40 bits per heavy atom. The van der Waals surface area contributed by atoms with Gasteiger partial charge in [0.2, 0.25) is 5.91 Å². The summed E-state index contributed by atoms with van der Waals surface area (Å²) in [7, 11) is 0. The molecule has 1 fully saturated rings. The van der Waals surface area contributed by atoms with Crippen LogP contribution < -0.4 is 5.73 Å². The highest BCUT2D eigenvalue weighted by molar-refractivity contribution is 5.76. The summed E-state index contributed by atoms with van der Waals surface area (Å²) >= 11 is 0. The maximum absolute atomic E-state index is 12.3. The Kier molecular flexibility index (Phi) is 4.33. The van der Waals surface area contributed by atoms with E-state index in [-0.39, 0.29) is 24.3 Å². The van der Waals surface area contributed by atoms with Crippen LogP contribution in [0.25, 0.3) is 0 Å². The third-order valence-electron chi connectivity index (χ3n) is 3.68. The normalized spacial score (nSPS) is 22.8. The molecule has 1 amide bonds.